The molecule has 0 N–H and O–H groups in total. The van der Waals surface area contributed by atoms with Crippen LogP contribution in [0.5, 0.6) is 6.01 Å². The van der Waals surface area contributed by atoms with Crippen molar-refractivity contribution in [2.45, 2.75) is 50.4 Å². The molecule has 3 atom stereocenters. The van der Waals surface area contributed by atoms with Gasteiger partial charge in [0, 0.05) is 26.1 Å². The highest BCUT2D eigenvalue weighted by molar-refractivity contribution is 6.30. The fourth-order valence-corrected chi connectivity index (χ4v) is 6.05. The van der Waals surface area contributed by atoms with Crippen LogP contribution in [-0.4, -0.2) is 77.1 Å². The topological polar surface area (TPSA) is 63.6 Å². The van der Waals surface area contributed by atoms with Crippen molar-refractivity contribution in [2.75, 3.05) is 44.4 Å². The second-order valence-corrected chi connectivity index (χ2v) is 9.88. The molecule has 0 amide bonds. The van der Waals surface area contributed by atoms with Crippen molar-refractivity contribution < 1.29 is 18.3 Å². The molecule has 0 aliphatic carbocycles. The van der Waals surface area contributed by atoms with Crippen LogP contribution in [0.3, 0.4) is 0 Å². The molecule has 6 rings (SSSR count). The van der Waals surface area contributed by atoms with Crippen LogP contribution in [-0.2, 0) is 4.74 Å². The Balaban J connectivity index is 1.45. The van der Waals surface area contributed by atoms with Gasteiger partial charge in [-0.25, -0.2) is 13.8 Å². The number of hydrogen-bond acceptors (Lipinski definition) is 7. The van der Waals surface area contributed by atoms with Crippen LogP contribution in [0, 0.1) is 5.82 Å². The number of hydrogen-bond donors (Lipinski definition) is 0. The van der Waals surface area contributed by atoms with E-state index in [4.69, 9.17) is 26.1 Å². The number of anilines is 1. The summed E-state index contributed by atoms with van der Waals surface area (Å²) in [7, 11) is 0. The Labute approximate surface area is 195 Å². The number of pyridine rings is 1. The van der Waals surface area contributed by atoms with E-state index in [2.05, 4.69) is 25.8 Å². The van der Waals surface area contributed by atoms with Gasteiger partial charge in [0.25, 0.3) is 0 Å². The molecule has 0 aromatic carbocycles. The molecule has 2 aromatic rings. The minimum absolute atomic E-state index is 0.0690. The smallest absolute Gasteiger partial charge is 0.319 e. The lowest BCUT2D eigenvalue weighted by molar-refractivity contribution is 0.107. The predicted octanol–water partition coefficient (Wildman–Crippen LogP) is 3.78. The Hall–Kier alpha value is -2.10. The molecular formula is C23H26ClF2N5O2. The van der Waals surface area contributed by atoms with Crippen LogP contribution >= 0.6 is 11.6 Å². The molecule has 33 heavy (non-hydrogen) atoms. The first-order valence-electron chi connectivity index (χ1n) is 11.6. The van der Waals surface area contributed by atoms with Gasteiger partial charge in [0.15, 0.2) is 11.0 Å². The van der Waals surface area contributed by atoms with E-state index in [1.54, 1.807) is 0 Å². The molecule has 2 aromatic heterocycles. The van der Waals surface area contributed by atoms with Crippen molar-refractivity contribution in [1.82, 2.24) is 19.9 Å². The monoisotopic (exact) mass is 477 g/mol. The molecule has 0 bridgehead atoms. The van der Waals surface area contributed by atoms with Gasteiger partial charge in [0.05, 0.1) is 29.3 Å². The van der Waals surface area contributed by atoms with Crippen molar-refractivity contribution in [3.8, 4) is 6.01 Å². The fourth-order valence-electron chi connectivity index (χ4n) is 5.88. The summed E-state index contributed by atoms with van der Waals surface area (Å²) in [6.45, 7) is 5.36. The summed E-state index contributed by atoms with van der Waals surface area (Å²) >= 11 is 6.17. The predicted molar refractivity (Wildman–Crippen MR) is 121 cm³/mol. The van der Waals surface area contributed by atoms with Gasteiger partial charge in [-0.15, -0.1) is 0 Å². The number of rotatable bonds is 3. The molecule has 6 heterocycles. The Morgan fingerprint density at radius 3 is 3.03 bits per heavy atom. The Kier molecular flexibility index (Phi) is 5.19. The van der Waals surface area contributed by atoms with Gasteiger partial charge in [-0.05, 0) is 38.3 Å². The first-order chi connectivity index (χ1) is 15.9. The number of halogens is 3. The summed E-state index contributed by atoms with van der Waals surface area (Å²) in [5.74, 6) is -0.112. The molecule has 3 fully saturated rings. The standard InChI is InChI=1S/C23H26ClF2N5O2/c1-13-8-15-11-32-7-3-6-31(15)21-16-18(13)27-20(24)17(26)19(16)28-22(29-21)33-12-23-4-2-5-30(23)10-14(25)9-23/h8,14-15H,2-7,9-12H2,1H3/t14-,15+,23+/m1/s1. The lowest BCUT2D eigenvalue weighted by Crippen LogP contribution is -2.43. The number of fused-ring (bicyclic) bond motifs is 3. The number of nitrogens with zero attached hydrogens (tertiary/aromatic N) is 5. The van der Waals surface area contributed by atoms with Gasteiger partial charge in [-0.1, -0.05) is 17.7 Å². The molecule has 176 valence electrons. The largest absolute Gasteiger partial charge is 0.461 e. The quantitative estimate of drug-likeness (QED) is 0.623. The van der Waals surface area contributed by atoms with E-state index in [1.807, 2.05) is 6.92 Å². The van der Waals surface area contributed by atoms with Crippen molar-refractivity contribution >= 4 is 33.9 Å². The zero-order valence-corrected chi connectivity index (χ0v) is 19.2. The fraction of sp³-hybridized carbons (Fsp3) is 0.609. The summed E-state index contributed by atoms with van der Waals surface area (Å²) in [6, 6.07) is 0.0113. The molecule has 0 radical (unpaired) electrons. The second-order valence-electron chi connectivity index (χ2n) is 9.52. The third-order valence-electron chi connectivity index (χ3n) is 7.40. The highest BCUT2D eigenvalue weighted by Gasteiger charge is 2.49. The first kappa shape index (κ1) is 21.4. The van der Waals surface area contributed by atoms with Crippen molar-refractivity contribution in [3.05, 3.63) is 22.7 Å². The molecule has 3 saturated heterocycles. The maximum absolute atomic E-state index is 15.2. The minimum atomic E-state index is -0.854. The molecule has 0 spiro atoms. The third kappa shape index (κ3) is 3.47. The van der Waals surface area contributed by atoms with Crippen LogP contribution in [0.2, 0.25) is 5.15 Å². The maximum atomic E-state index is 15.2. The van der Waals surface area contributed by atoms with Crippen LogP contribution in [0.4, 0.5) is 14.6 Å². The molecule has 0 saturated carbocycles. The number of ether oxygens (including phenoxy) is 2. The normalized spacial score (nSPS) is 29.5. The van der Waals surface area contributed by atoms with Crippen LogP contribution < -0.4 is 9.64 Å². The molecule has 10 heteroatoms. The highest BCUT2D eigenvalue weighted by Crippen LogP contribution is 2.42. The summed E-state index contributed by atoms with van der Waals surface area (Å²) in [6.07, 6.45) is 4.36. The van der Waals surface area contributed by atoms with Gasteiger partial charge >= 0.3 is 6.01 Å². The summed E-state index contributed by atoms with van der Waals surface area (Å²) < 4.78 is 41.3. The molecular weight excluding hydrogens is 452 g/mol. The zero-order valence-electron chi connectivity index (χ0n) is 18.5. The lowest BCUT2D eigenvalue weighted by Gasteiger charge is -2.31. The maximum Gasteiger partial charge on any atom is 0.319 e. The number of allylic oxidation sites excluding steroid dienone is 1. The van der Waals surface area contributed by atoms with Crippen molar-refractivity contribution in [1.29, 1.82) is 0 Å². The molecule has 7 nitrogen and oxygen atoms in total. The average Bonchev–Trinajstić information content (AvgIpc) is 3.17. The van der Waals surface area contributed by atoms with Crippen molar-refractivity contribution in [3.63, 3.8) is 0 Å². The molecule has 0 unspecified atom stereocenters. The molecule has 4 aliphatic heterocycles. The minimum Gasteiger partial charge on any atom is -0.461 e. The van der Waals surface area contributed by atoms with E-state index in [0.717, 1.165) is 31.4 Å². The first-order valence-corrected chi connectivity index (χ1v) is 11.9. The average molecular weight is 478 g/mol. The van der Waals surface area contributed by atoms with Crippen molar-refractivity contribution in [2.24, 2.45) is 0 Å². The van der Waals surface area contributed by atoms with Gasteiger partial charge in [-0.2, -0.15) is 9.97 Å². The van der Waals surface area contributed by atoms with E-state index < -0.39 is 12.0 Å². The Morgan fingerprint density at radius 1 is 1.27 bits per heavy atom. The van der Waals surface area contributed by atoms with Crippen LogP contribution in [0.25, 0.3) is 16.5 Å². The van der Waals surface area contributed by atoms with E-state index >= 15 is 4.39 Å². The number of alkyl halides is 1. The summed E-state index contributed by atoms with van der Waals surface area (Å²) in [5, 5.41) is 0.304. The van der Waals surface area contributed by atoms with Gasteiger partial charge in [0.2, 0.25) is 0 Å². The van der Waals surface area contributed by atoms with E-state index in [1.165, 1.54) is 0 Å². The van der Waals surface area contributed by atoms with E-state index in [9.17, 15) is 4.39 Å². The Morgan fingerprint density at radius 2 is 2.15 bits per heavy atom. The summed E-state index contributed by atoms with van der Waals surface area (Å²) in [4.78, 5) is 17.8. The molecule has 4 aliphatic rings. The van der Waals surface area contributed by atoms with E-state index in [-0.39, 0.29) is 34.9 Å². The van der Waals surface area contributed by atoms with Gasteiger partial charge in [-0.3, -0.25) is 4.90 Å². The van der Waals surface area contributed by atoms with Crippen LogP contribution in [0.15, 0.2) is 6.08 Å². The zero-order chi connectivity index (χ0) is 22.7. The van der Waals surface area contributed by atoms with Gasteiger partial charge < -0.3 is 14.4 Å². The second kappa shape index (κ2) is 7.99. The Bertz CT molecular complexity index is 1150. The number of aromatic nitrogens is 3. The lowest BCUT2D eigenvalue weighted by atomic mass is 9.95. The summed E-state index contributed by atoms with van der Waals surface area (Å²) in [5.41, 5.74) is 1.20. The van der Waals surface area contributed by atoms with Gasteiger partial charge in [0.1, 0.15) is 24.1 Å². The SMILES string of the molecule is CC1=C[C@H]2COCCCN2c2nc(OC[C@@]34CCCN3C[C@H](F)C4)nc3c(F)c(Cl)nc1c23. The van der Waals surface area contributed by atoms with E-state index in [0.29, 0.717) is 49.6 Å². The highest BCUT2D eigenvalue weighted by atomic mass is 35.5. The van der Waals surface area contributed by atoms with Crippen LogP contribution in [0.1, 0.15) is 38.3 Å². The third-order valence-corrected chi connectivity index (χ3v) is 7.65.